The molecule has 138 valence electrons. The molecule has 3 unspecified atom stereocenters. The average molecular weight is 534 g/mol. The first-order chi connectivity index (χ1) is 10.5. The van der Waals surface area contributed by atoms with Crippen molar-refractivity contribution in [2.24, 2.45) is 17.8 Å². The normalized spacial score (nSPS) is 23.5. The fourth-order valence-corrected chi connectivity index (χ4v) is 3.31. The van der Waals surface area contributed by atoms with E-state index in [1.807, 2.05) is 0 Å². The Bertz CT molecular complexity index is 567. The van der Waals surface area contributed by atoms with E-state index in [2.05, 4.69) is 42.9 Å². The smallest absolute Gasteiger partial charge is 0 e. The molecule has 0 aliphatic heterocycles. The SMILES string of the molecule is C.C1=CCC=C1.O=[S-](=O)CC1[CH-]C2C=CC1C2.[CH-]=CC[S-](=O)=O.[Y].[Y]. The summed E-state index contributed by atoms with van der Waals surface area (Å²) in [6, 6.07) is 0. The molecule has 0 spiro atoms. The van der Waals surface area contributed by atoms with Crippen molar-refractivity contribution < 1.29 is 82.3 Å². The third kappa shape index (κ3) is 14.8. The Hall–Kier alpha value is 1.07. The van der Waals surface area contributed by atoms with Gasteiger partial charge in [0.2, 0.25) is 0 Å². The first-order valence-corrected chi connectivity index (χ1v) is 9.51. The van der Waals surface area contributed by atoms with Gasteiger partial charge in [0, 0.05) is 65.4 Å². The molecule has 0 amide bonds. The van der Waals surface area contributed by atoms with E-state index in [9.17, 15) is 16.8 Å². The molecule has 1 saturated carbocycles. The van der Waals surface area contributed by atoms with Gasteiger partial charge < -0.3 is 29.8 Å². The summed E-state index contributed by atoms with van der Waals surface area (Å²) in [6.07, 6.45) is 18.2. The number of fused-ring (bicyclic) bond motifs is 2. The van der Waals surface area contributed by atoms with Gasteiger partial charge in [-0.25, -0.2) is 0 Å². The molecular formula is C17H24O4S2Y2-4. The molecule has 0 aromatic rings. The summed E-state index contributed by atoms with van der Waals surface area (Å²) in [5.74, 6) is 1.63. The topological polar surface area (TPSA) is 68.3 Å². The van der Waals surface area contributed by atoms with Gasteiger partial charge >= 0.3 is 0 Å². The zero-order chi connectivity index (χ0) is 16.4. The largest absolute Gasteiger partial charge is 0.519 e. The van der Waals surface area contributed by atoms with Gasteiger partial charge in [0.15, 0.2) is 0 Å². The number of hydrogen-bond donors (Lipinski definition) is 0. The second-order valence-corrected chi connectivity index (χ2v) is 6.95. The Kier molecular flexibility index (Phi) is 22.7. The van der Waals surface area contributed by atoms with Gasteiger partial charge in [-0.2, -0.15) is 5.92 Å². The van der Waals surface area contributed by atoms with Crippen LogP contribution in [0.25, 0.3) is 0 Å². The van der Waals surface area contributed by atoms with E-state index < -0.39 is 21.4 Å². The Morgan fingerprint density at radius 3 is 1.88 bits per heavy atom. The van der Waals surface area contributed by atoms with Crippen molar-refractivity contribution in [3.8, 4) is 0 Å². The summed E-state index contributed by atoms with van der Waals surface area (Å²) >= 11 is 0. The molecule has 3 aliphatic rings. The fraction of sp³-hybridized carbons (Fsp3) is 0.471. The first-order valence-electron chi connectivity index (χ1n) is 7.03. The zero-order valence-electron chi connectivity index (χ0n) is 13.4. The van der Waals surface area contributed by atoms with Crippen LogP contribution in [-0.2, 0) is 104 Å². The van der Waals surface area contributed by atoms with E-state index in [4.69, 9.17) is 6.58 Å². The van der Waals surface area contributed by atoms with Crippen LogP contribution in [0.1, 0.15) is 20.3 Å². The van der Waals surface area contributed by atoms with E-state index in [-0.39, 0.29) is 78.6 Å². The van der Waals surface area contributed by atoms with Crippen LogP contribution in [0.4, 0.5) is 0 Å². The van der Waals surface area contributed by atoms with Crippen molar-refractivity contribution >= 4 is 21.4 Å². The molecule has 0 N–H and O–H groups in total. The predicted molar refractivity (Wildman–Crippen MR) is 94.2 cm³/mol. The van der Waals surface area contributed by atoms with Crippen LogP contribution < -0.4 is 0 Å². The van der Waals surface area contributed by atoms with Gasteiger partial charge in [-0.3, -0.25) is 6.08 Å². The van der Waals surface area contributed by atoms with Gasteiger partial charge in [-0.15, -0.1) is 12.0 Å². The summed E-state index contributed by atoms with van der Waals surface area (Å²) < 4.78 is 39.8. The van der Waals surface area contributed by atoms with Crippen LogP contribution in [0, 0.1) is 30.8 Å². The van der Waals surface area contributed by atoms with E-state index in [0.717, 1.165) is 18.9 Å². The Morgan fingerprint density at radius 1 is 1.04 bits per heavy atom. The third-order valence-electron chi connectivity index (χ3n) is 3.41. The van der Waals surface area contributed by atoms with Crippen LogP contribution in [-0.4, -0.2) is 11.5 Å². The minimum absolute atomic E-state index is 0. The molecule has 0 aromatic heterocycles. The summed E-state index contributed by atoms with van der Waals surface area (Å²) in [7, 11) is -3.87. The summed E-state index contributed by atoms with van der Waals surface area (Å²) in [5.41, 5.74) is 0. The first kappa shape index (κ1) is 30.8. The van der Waals surface area contributed by atoms with E-state index in [1.54, 1.807) is 0 Å². The molecule has 0 saturated heterocycles. The maximum Gasteiger partial charge on any atom is 0 e. The molecule has 25 heavy (non-hydrogen) atoms. The molecule has 2 radical (unpaired) electrons. The fourth-order valence-electron chi connectivity index (χ4n) is 2.48. The van der Waals surface area contributed by atoms with Crippen molar-refractivity contribution in [2.45, 2.75) is 20.3 Å². The van der Waals surface area contributed by atoms with Crippen molar-refractivity contribution in [3.63, 3.8) is 0 Å². The Labute approximate surface area is 206 Å². The van der Waals surface area contributed by atoms with Crippen molar-refractivity contribution in [1.82, 2.24) is 0 Å². The van der Waals surface area contributed by atoms with Crippen LogP contribution in [0.5, 0.6) is 0 Å². The molecule has 8 heteroatoms. The van der Waals surface area contributed by atoms with Gasteiger partial charge in [0.25, 0.3) is 0 Å². The molecule has 3 atom stereocenters. The molecule has 0 heterocycles. The number of rotatable bonds is 4. The van der Waals surface area contributed by atoms with Gasteiger partial charge in [-0.1, -0.05) is 83.1 Å². The van der Waals surface area contributed by atoms with Gasteiger partial charge in [0.1, 0.15) is 0 Å². The summed E-state index contributed by atoms with van der Waals surface area (Å²) in [4.78, 5) is 0. The number of allylic oxidation sites excluding steroid dienone is 6. The Balaban J connectivity index is -0.000000301. The van der Waals surface area contributed by atoms with E-state index in [0.29, 0.717) is 23.5 Å². The number of hydrogen-bond acceptors (Lipinski definition) is 6. The molecular weight excluding hydrogens is 510 g/mol. The second kappa shape index (κ2) is 18.4. The molecule has 1 fully saturated rings. The predicted octanol–water partition coefficient (Wildman–Crippen LogP) is 3.74. The minimum atomic E-state index is -2.00. The maximum absolute atomic E-state index is 10.4. The molecule has 2 bridgehead atoms. The zero-order valence-corrected chi connectivity index (χ0v) is 20.7. The van der Waals surface area contributed by atoms with Gasteiger partial charge in [0.05, 0.1) is 0 Å². The van der Waals surface area contributed by atoms with E-state index in [1.165, 1.54) is 0 Å². The van der Waals surface area contributed by atoms with Crippen LogP contribution >= 0.6 is 0 Å². The summed E-state index contributed by atoms with van der Waals surface area (Å²) in [5, 5.41) is 0. The maximum atomic E-state index is 10.4. The monoisotopic (exact) mass is 534 g/mol. The Morgan fingerprint density at radius 2 is 1.64 bits per heavy atom. The third-order valence-corrected chi connectivity index (χ3v) is 4.53. The molecule has 4 nitrogen and oxygen atoms in total. The average Bonchev–Trinajstić information content (AvgIpc) is 3.19. The standard InChI is InChI=1S/C8H10O2S.C5H6.C3H4O2S.CH4.2Y/c9-11(10)5-8-4-6-1-2-7(8)3-6;1-2-4-5-3-1;1-2-3-6(4)5;;;/h1-2,4,6-8H,3,5H2;1-4H,5H2;1-2H,3H2;1H4;;/q-2;;-2;;;. The molecule has 3 rings (SSSR count). The quantitative estimate of drug-likeness (QED) is 0.313. The van der Waals surface area contributed by atoms with Crippen molar-refractivity contribution in [1.29, 1.82) is 0 Å². The van der Waals surface area contributed by atoms with Crippen LogP contribution in [0.15, 0.2) is 42.5 Å². The second-order valence-electron chi connectivity index (χ2n) is 5.07. The van der Waals surface area contributed by atoms with Crippen LogP contribution in [0.3, 0.4) is 0 Å². The molecule has 3 aliphatic carbocycles. The van der Waals surface area contributed by atoms with Gasteiger partial charge in [-0.05, 0) is 6.42 Å². The van der Waals surface area contributed by atoms with E-state index >= 15 is 0 Å². The van der Waals surface area contributed by atoms with Crippen LogP contribution in [0.2, 0.25) is 0 Å². The van der Waals surface area contributed by atoms with Crippen molar-refractivity contribution in [3.05, 3.63) is 55.5 Å². The molecule has 0 aromatic carbocycles. The summed E-state index contributed by atoms with van der Waals surface area (Å²) in [6.45, 7) is 4.71. The van der Waals surface area contributed by atoms with Crippen molar-refractivity contribution in [2.75, 3.05) is 11.5 Å². The minimum Gasteiger partial charge on any atom is -0.519 e.